The minimum Gasteiger partial charge on any atom is -0.481 e. The molecule has 4 nitrogen and oxygen atoms in total. The minimum atomic E-state index is -0.739. The van der Waals surface area contributed by atoms with E-state index in [0.717, 1.165) is 32.5 Å². The zero-order chi connectivity index (χ0) is 12.5. The molecule has 0 aromatic heterocycles. The number of hydrogen-bond acceptors (Lipinski definition) is 3. The fourth-order valence-electron chi connectivity index (χ4n) is 2.15. The average molecular weight is 241 g/mol. The SMILES string of the molecule is C=CCCCCCN1CCOCC1CC(=O)O. The first-order chi connectivity index (χ1) is 8.24. The Morgan fingerprint density at radius 3 is 3.00 bits per heavy atom. The highest BCUT2D eigenvalue weighted by atomic mass is 16.5. The number of carboxylic acids is 1. The lowest BCUT2D eigenvalue weighted by molar-refractivity contribution is -0.140. The van der Waals surface area contributed by atoms with Crippen LogP contribution in [0, 0.1) is 0 Å². The van der Waals surface area contributed by atoms with Crippen LogP contribution in [-0.4, -0.2) is 48.3 Å². The highest BCUT2D eigenvalue weighted by Gasteiger charge is 2.24. The second-order valence-electron chi connectivity index (χ2n) is 4.50. The van der Waals surface area contributed by atoms with Gasteiger partial charge in [-0.3, -0.25) is 9.69 Å². The van der Waals surface area contributed by atoms with E-state index in [0.29, 0.717) is 6.61 Å². The molecular formula is C13H23NO3. The average Bonchev–Trinajstić information content (AvgIpc) is 2.30. The van der Waals surface area contributed by atoms with Crippen LogP contribution >= 0.6 is 0 Å². The summed E-state index contributed by atoms with van der Waals surface area (Å²) in [4.78, 5) is 13.0. The third-order valence-corrected chi connectivity index (χ3v) is 3.11. The molecule has 0 bridgehead atoms. The smallest absolute Gasteiger partial charge is 0.305 e. The fourth-order valence-corrected chi connectivity index (χ4v) is 2.15. The Labute approximate surface area is 103 Å². The summed E-state index contributed by atoms with van der Waals surface area (Å²) in [6.45, 7) is 6.83. The van der Waals surface area contributed by atoms with Gasteiger partial charge in [0.15, 0.2) is 0 Å². The number of carbonyl (C=O) groups is 1. The van der Waals surface area contributed by atoms with Crippen LogP contribution in [-0.2, 0) is 9.53 Å². The molecule has 1 unspecified atom stereocenters. The van der Waals surface area contributed by atoms with Gasteiger partial charge in [-0.05, 0) is 25.8 Å². The molecule has 0 saturated carbocycles. The lowest BCUT2D eigenvalue weighted by atomic mass is 10.1. The number of allylic oxidation sites excluding steroid dienone is 1. The van der Waals surface area contributed by atoms with Crippen molar-refractivity contribution in [2.45, 2.75) is 38.1 Å². The monoisotopic (exact) mass is 241 g/mol. The van der Waals surface area contributed by atoms with Crippen molar-refractivity contribution in [2.75, 3.05) is 26.3 Å². The number of aliphatic carboxylic acids is 1. The Bertz CT molecular complexity index is 243. The molecule has 0 aromatic rings. The Balaban J connectivity index is 2.22. The van der Waals surface area contributed by atoms with E-state index in [2.05, 4.69) is 11.5 Å². The first-order valence-corrected chi connectivity index (χ1v) is 6.38. The van der Waals surface area contributed by atoms with Gasteiger partial charge in [-0.1, -0.05) is 12.5 Å². The van der Waals surface area contributed by atoms with Crippen LogP contribution in [0.5, 0.6) is 0 Å². The Kier molecular flexibility index (Phi) is 6.89. The Morgan fingerprint density at radius 1 is 1.47 bits per heavy atom. The quantitative estimate of drug-likeness (QED) is 0.521. The fraction of sp³-hybridized carbons (Fsp3) is 0.769. The van der Waals surface area contributed by atoms with Crippen LogP contribution in [0.1, 0.15) is 32.1 Å². The topological polar surface area (TPSA) is 49.8 Å². The molecule has 1 rings (SSSR count). The Hall–Kier alpha value is -0.870. The molecule has 1 aliphatic rings. The number of morpholine rings is 1. The van der Waals surface area contributed by atoms with Crippen molar-refractivity contribution in [1.82, 2.24) is 4.90 Å². The van der Waals surface area contributed by atoms with E-state index in [9.17, 15) is 4.79 Å². The zero-order valence-corrected chi connectivity index (χ0v) is 10.4. The second kappa shape index (κ2) is 8.25. The first-order valence-electron chi connectivity index (χ1n) is 6.38. The van der Waals surface area contributed by atoms with E-state index in [4.69, 9.17) is 9.84 Å². The standard InChI is InChI=1S/C13H23NO3/c1-2-3-4-5-6-7-14-8-9-17-11-12(14)10-13(15)16/h2,12H,1,3-11H2,(H,15,16). The molecule has 17 heavy (non-hydrogen) atoms. The molecule has 1 fully saturated rings. The lowest BCUT2D eigenvalue weighted by Gasteiger charge is -2.34. The van der Waals surface area contributed by atoms with Gasteiger partial charge in [-0.15, -0.1) is 6.58 Å². The predicted molar refractivity (Wildman–Crippen MR) is 67.1 cm³/mol. The van der Waals surface area contributed by atoms with Gasteiger partial charge in [0.05, 0.1) is 19.6 Å². The zero-order valence-electron chi connectivity index (χ0n) is 10.4. The molecule has 1 atom stereocenters. The molecule has 1 heterocycles. The molecule has 0 radical (unpaired) electrons. The highest BCUT2D eigenvalue weighted by molar-refractivity contribution is 5.67. The van der Waals surface area contributed by atoms with Gasteiger partial charge >= 0.3 is 5.97 Å². The van der Waals surface area contributed by atoms with E-state index in [-0.39, 0.29) is 12.5 Å². The molecule has 1 N–H and O–H groups in total. The molecule has 0 aromatic carbocycles. The molecule has 1 saturated heterocycles. The van der Waals surface area contributed by atoms with Crippen LogP contribution in [0.3, 0.4) is 0 Å². The molecule has 0 amide bonds. The van der Waals surface area contributed by atoms with Gasteiger partial charge < -0.3 is 9.84 Å². The van der Waals surface area contributed by atoms with Gasteiger partial charge in [0, 0.05) is 12.6 Å². The first kappa shape index (κ1) is 14.2. The van der Waals surface area contributed by atoms with Crippen LogP contribution in [0.2, 0.25) is 0 Å². The summed E-state index contributed by atoms with van der Waals surface area (Å²) in [5, 5.41) is 8.83. The summed E-state index contributed by atoms with van der Waals surface area (Å²) in [6, 6.07) is 0.0562. The second-order valence-corrected chi connectivity index (χ2v) is 4.50. The van der Waals surface area contributed by atoms with E-state index < -0.39 is 5.97 Å². The van der Waals surface area contributed by atoms with Gasteiger partial charge in [-0.25, -0.2) is 0 Å². The van der Waals surface area contributed by atoms with Crippen molar-refractivity contribution in [2.24, 2.45) is 0 Å². The number of hydrogen-bond donors (Lipinski definition) is 1. The summed E-state index contributed by atoms with van der Waals surface area (Å²) in [5.74, 6) is -0.739. The summed E-state index contributed by atoms with van der Waals surface area (Å²) in [5.41, 5.74) is 0. The molecule has 4 heteroatoms. The minimum absolute atomic E-state index is 0.0562. The molecular weight excluding hydrogens is 218 g/mol. The van der Waals surface area contributed by atoms with Gasteiger partial charge in [0.25, 0.3) is 0 Å². The molecule has 1 aliphatic heterocycles. The van der Waals surface area contributed by atoms with Crippen molar-refractivity contribution in [1.29, 1.82) is 0 Å². The number of carboxylic acid groups (broad SMARTS) is 1. The van der Waals surface area contributed by atoms with Crippen LogP contribution in [0.25, 0.3) is 0 Å². The maximum absolute atomic E-state index is 10.7. The van der Waals surface area contributed by atoms with Gasteiger partial charge in [-0.2, -0.15) is 0 Å². The number of ether oxygens (including phenoxy) is 1. The van der Waals surface area contributed by atoms with Crippen molar-refractivity contribution in [3.05, 3.63) is 12.7 Å². The van der Waals surface area contributed by atoms with Gasteiger partial charge in [0.1, 0.15) is 0 Å². The van der Waals surface area contributed by atoms with E-state index >= 15 is 0 Å². The van der Waals surface area contributed by atoms with Crippen LogP contribution < -0.4 is 0 Å². The molecule has 0 aliphatic carbocycles. The third-order valence-electron chi connectivity index (χ3n) is 3.11. The third kappa shape index (κ3) is 5.84. The number of rotatable bonds is 8. The maximum atomic E-state index is 10.7. The summed E-state index contributed by atoms with van der Waals surface area (Å²) >= 11 is 0. The summed E-state index contributed by atoms with van der Waals surface area (Å²) < 4.78 is 5.34. The van der Waals surface area contributed by atoms with E-state index in [1.54, 1.807) is 0 Å². The van der Waals surface area contributed by atoms with Crippen LogP contribution in [0.4, 0.5) is 0 Å². The van der Waals surface area contributed by atoms with Crippen LogP contribution in [0.15, 0.2) is 12.7 Å². The number of nitrogens with zero attached hydrogens (tertiary/aromatic N) is 1. The highest BCUT2D eigenvalue weighted by Crippen LogP contribution is 2.12. The number of unbranched alkanes of at least 4 members (excludes halogenated alkanes) is 3. The van der Waals surface area contributed by atoms with E-state index in [1.165, 1.54) is 12.8 Å². The summed E-state index contributed by atoms with van der Waals surface area (Å²) in [7, 11) is 0. The van der Waals surface area contributed by atoms with Crippen molar-refractivity contribution >= 4 is 5.97 Å². The Morgan fingerprint density at radius 2 is 2.29 bits per heavy atom. The van der Waals surface area contributed by atoms with Crippen molar-refractivity contribution < 1.29 is 14.6 Å². The van der Waals surface area contributed by atoms with Crippen molar-refractivity contribution in [3.8, 4) is 0 Å². The summed E-state index contributed by atoms with van der Waals surface area (Å²) in [6.07, 6.45) is 6.70. The normalized spacial score (nSPS) is 21.3. The molecule has 0 spiro atoms. The van der Waals surface area contributed by atoms with Crippen molar-refractivity contribution in [3.63, 3.8) is 0 Å². The van der Waals surface area contributed by atoms with Gasteiger partial charge in [0.2, 0.25) is 0 Å². The van der Waals surface area contributed by atoms with E-state index in [1.807, 2.05) is 6.08 Å². The largest absolute Gasteiger partial charge is 0.481 e. The lowest BCUT2D eigenvalue weighted by Crippen LogP contribution is -2.46. The molecule has 98 valence electrons. The predicted octanol–water partition coefficient (Wildman–Crippen LogP) is 1.91. The maximum Gasteiger partial charge on any atom is 0.305 e.